The lowest BCUT2D eigenvalue weighted by Gasteiger charge is -2.33. The summed E-state index contributed by atoms with van der Waals surface area (Å²) in [6.07, 6.45) is 1.50. The minimum Gasteiger partial charge on any atom is -0.354 e. The van der Waals surface area contributed by atoms with Crippen molar-refractivity contribution in [3.63, 3.8) is 0 Å². The monoisotopic (exact) mass is 515 g/mol. The Morgan fingerprint density at radius 3 is 2.00 bits per heavy atom. The molecule has 0 aliphatic carbocycles. The van der Waals surface area contributed by atoms with Crippen LogP contribution < -0.4 is 9.62 Å². The molecule has 0 aromatic heterocycles. The number of hydrogen-bond acceptors (Lipinski definition) is 4. The van der Waals surface area contributed by atoms with Crippen molar-refractivity contribution in [2.75, 3.05) is 23.7 Å². The van der Waals surface area contributed by atoms with Crippen LogP contribution in [-0.2, 0) is 26.2 Å². The van der Waals surface area contributed by atoms with Crippen molar-refractivity contribution < 1.29 is 18.0 Å². The first-order valence-electron chi connectivity index (χ1n) is 12.5. The zero-order valence-electron chi connectivity index (χ0n) is 22.6. The molecule has 2 aromatic carbocycles. The molecule has 1 N–H and O–H groups in total. The summed E-state index contributed by atoms with van der Waals surface area (Å²) < 4.78 is 26.6. The molecular formula is C28H41N3O4S. The smallest absolute Gasteiger partial charge is 0.244 e. The van der Waals surface area contributed by atoms with Gasteiger partial charge < -0.3 is 10.2 Å². The van der Waals surface area contributed by atoms with Crippen LogP contribution in [0.5, 0.6) is 0 Å². The number of aryl methyl sites for hydroxylation is 1. The molecule has 198 valence electrons. The van der Waals surface area contributed by atoms with Crippen molar-refractivity contribution in [2.24, 2.45) is 5.92 Å². The third kappa shape index (κ3) is 8.36. The van der Waals surface area contributed by atoms with E-state index in [9.17, 15) is 18.0 Å². The van der Waals surface area contributed by atoms with E-state index in [2.05, 4.69) is 19.2 Å². The van der Waals surface area contributed by atoms with Gasteiger partial charge >= 0.3 is 0 Å². The highest BCUT2D eigenvalue weighted by Gasteiger charge is 2.31. The lowest BCUT2D eigenvalue weighted by Crippen LogP contribution is -2.52. The maximum absolute atomic E-state index is 13.7. The van der Waals surface area contributed by atoms with Crippen molar-refractivity contribution in [3.05, 3.63) is 65.2 Å². The normalized spacial score (nSPS) is 12.5. The highest BCUT2D eigenvalue weighted by Crippen LogP contribution is 2.23. The van der Waals surface area contributed by atoms with Gasteiger partial charge in [0.15, 0.2) is 0 Å². The van der Waals surface area contributed by atoms with Crippen LogP contribution in [0, 0.1) is 12.8 Å². The highest BCUT2D eigenvalue weighted by molar-refractivity contribution is 7.92. The number of amides is 2. The van der Waals surface area contributed by atoms with Crippen molar-refractivity contribution in [2.45, 2.75) is 66.5 Å². The molecule has 0 heterocycles. The molecule has 2 amide bonds. The van der Waals surface area contributed by atoms with E-state index in [0.29, 0.717) is 24.6 Å². The molecule has 0 radical (unpaired) electrons. The fraction of sp³-hybridized carbons (Fsp3) is 0.500. The summed E-state index contributed by atoms with van der Waals surface area (Å²) in [5, 5.41) is 2.93. The minimum absolute atomic E-state index is 0.205. The number of carbonyl (C=O) groups excluding carboxylic acids is 2. The molecule has 1 atom stereocenters. The minimum atomic E-state index is -3.75. The summed E-state index contributed by atoms with van der Waals surface area (Å²) in [5.74, 6) is -0.103. The zero-order valence-corrected chi connectivity index (χ0v) is 23.4. The van der Waals surface area contributed by atoms with Crippen LogP contribution >= 0.6 is 0 Å². The van der Waals surface area contributed by atoms with Crippen molar-refractivity contribution in [1.29, 1.82) is 0 Å². The summed E-state index contributed by atoms with van der Waals surface area (Å²) in [5.41, 5.74) is 3.46. The zero-order chi connectivity index (χ0) is 27.0. The van der Waals surface area contributed by atoms with Gasteiger partial charge in [-0.1, -0.05) is 76.6 Å². The predicted octanol–water partition coefficient (Wildman–Crippen LogP) is 4.46. The Balaban J connectivity index is 2.41. The number of carbonyl (C=O) groups is 2. The van der Waals surface area contributed by atoms with E-state index < -0.39 is 22.0 Å². The van der Waals surface area contributed by atoms with Crippen LogP contribution in [0.2, 0.25) is 0 Å². The van der Waals surface area contributed by atoms with E-state index >= 15 is 0 Å². The number of rotatable bonds is 12. The first-order valence-corrected chi connectivity index (χ1v) is 14.4. The topological polar surface area (TPSA) is 86.8 Å². The number of nitrogens with one attached hydrogen (secondary N) is 1. The van der Waals surface area contributed by atoms with Crippen LogP contribution in [0.3, 0.4) is 0 Å². The molecule has 0 spiro atoms. The Morgan fingerprint density at radius 1 is 0.944 bits per heavy atom. The molecule has 0 aliphatic rings. The second kappa shape index (κ2) is 12.9. The Kier molecular flexibility index (Phi) is 10.5. The van der Waals surface area contributed by atoms with Gasteiger partial charge in [-0.15, -0.1) is 0 Å². The molecule has 2 aromatic rings. The number of sulfonamides is 1. The lowest BCUT2D eigenvalue weighted by molar-refractivity contribution is -0.140. The van der Waals surface area contributed by atoms with Crippen LogP contribution in [0.25, 0.3) is 0 Å². The van der Waals surface area contributed by atoms with Gasteiger partial charge in [0.25, 0.3) is 0 Å². The molecule has 8 heteroatoms. The molecule has 0 bridgehead atoms. The molecule has 2 rings (SSSR count). The van der Waals surface area contributed by atoms with E-state index in [4.69, 9.17) is 0 Å². The van der Waals surface area contributed by atoms with Crippen LogP contribution in [-0.4, -0.2) is 50.5 Å². The Hall–Kier alpha value is -2.87. The largest absolute Gasteiger partial charge is 0.354 e. The fourth-order valence-corrected chi connectivity index (χ4v) is 4.72. The molecule has 0 aliphatic heterocycles. The summed E-state index contributed by atoms with van der Waals surface area (Å²) in [4.78, 5) is 28.3. The standard InChI is InChI=1S/C28H41N3O4S/c1-8-26(28(33)29-17-20(2)3)30(18-23-11-9-22(6)10-12-23)27(32)19-31(36(7,34)35)25-15-13-24(14-16-25)21(4)5/h9-16,20-21,26H,8,17-19H2,1-7H3,(H,29,33). The quantitative estimate of drug-likeness (QED) is 0.452. The predicted molar refractivity (Wildman–Crippen MR) is 146 cm³/mol. The Labute approximate surface area is 216 Å². The Morgan fingerprint density at radius 2 is 1.53 bits per heavy atom. The van der Waals surface area contributed by atoms with Crippen LogP contribution in [0.4, 0.5) is 5.69 Å². The summed E-state index contributed by atoms with van der Waals surface area (Å²) >= 11 is 0. The lowest BCUT2D eigenvalue weighted by atomic mass is 10.0. The van der Waals surface area contributed by atoms with Crippen molar-refractivity contribution in [3.8, 4) is 0 Å². The summed E-state index contributed by atoms with van der Waals surface area (Å²) in [7, 11) is -3.75. The maximum atomic E-state index is 13.7. The van der Waals surface area contributed by atoms with Crippen molar-refractivity contribution >= 4 is 27.5 Å². The number of benzene rings is 2. The highest BCUT2D eigenvalue weighted by atomic mass is 32.2. The van der Waals surface area contributed by atoms with Gasteiger partial charge in [-0.25, -0.2) is 8.42 Å². The second-order valence-electron chi connectivity index (χ2n) is 10.1. The van der Waals surface area contributed by atoms with E-state index in [-0.39, 0.29) is 24.9 Å². The van der Waals surface area contributed by atoms with E-state index in [1.54, 1.807) is 12.1 Å². The summed E-state index contributed by atoms with van der Waals surface area (Å²) in [6.45, 7) is 12.3. The molecule has 0 saturated carbocycles. The van der Waals surface area contributed by atoms with Gasteiger partial charge in [0, 0.05) is 13.1 Å². The number of hydrogen-bond donors (Lipinski definition) is 1. The molecule has 0 fully saturated rings. The second-order valence-corrected chi connectivity index (χ2v) is 12.0. The van der Waals surface area contributed by atoms with Crippen molar-refractivity contribution in [1.82, 2.24) is 10.2 Å². The maximum Gasteiger partial charge on any atom is 0.244 e. The first kappa shape index (κ1) is 29.4. The molecule has 0 saturated heterocycles. The fourth-order valence-electron chi connectivity index (χ4n) is 3.87. The average Bonchev–Trinajstić information content (AvgIpc) is 2.81. The van der Waals surface area contributed by atoms with Crippen LogP contribution in [0.15, 0.2) is 48.5 Å². The molecule has 36 heavy (non-hydrogen) atoms. The third-order valence-electron chi connectivity index (χ3n) is 6.07. The molecular weight excluding hydrogens is 474 g/mol. The van der Waals surface area contributed by atoms with Gasteiger partial charge in [0.1, 0.15) is 12.6 Å². The number of nitrogens with zero attached hydrogens (tertiary/aromatic N) is 2. The third-order valence-corrected chi connectivity index (χ3v) is 7.21. The van der Waals surface area contributed by atoms with E-state index in [0.717, 1.165) is 27.3 Å². The number of anilines is 1. The molecule has 7 nitrogen and oxygen atoms in total. The van der Waals surface area contributed by atoms with Gasteiger partial charge in [0.05, 0.1) is 11.9 Å². The van der Waals surface area contributed by atoms with Gasteiger partial charge in [-0.05, 0) is 48.4 Å². The SMILES string of the molecule is CCC(C(=O)NCC(C)C)N(Cc1ccc(C)cc1)C(=O)CN(c1ccc(C(C)C)cc1)S(C)(=O)=O. The first-order chi connectivity index (χ1) is 16.8. The Bertz CT molecular complexity index is 1110. The van der Waals surface area contributed by atoms with Gasteiger partial charge in [0.2, 0.25) is 21.8 Å². The average molecular weight is 516 g/mol. The van der Waals surface area contributed by atoms with Gasteiger partial charge in [-0.2, -0.15) is 0 Å². The van der Waals surface area contributed by atoms with E-state index in [1.807, 2.05) is 64.1 Å². The van der Waals surface area contributed by atoms with Crippen LogP contribution in [0.1, 0.15) is 63.6 Å². The molecule has 1 unspecified atom stereocenters. The summed E-state index contributed by atoms with van der Waals surface area (Å²) in [6, 6.07) is 14.2. The van der Waals surface area contributed by atoms with E-state index in [1.165, 1.54) is 4.90 Å². The van der Waals surface area contributed by atoms with Gasteiger partial charge in [-0.3, -0.25) is 13.9 Å².